The molecule has 108 valence electrons. The van der Waals surface area contributed by atoms with Crippen molar-refractivity contribution in [3.8, 4) is 5.75 Å². The molecule has 0 radical (unpaired) electrons. The molecule has 1 amide bonds. The lowest BCUT2D eigenvalue weighted by Gasteiger charge is -2.09. The molecule has 0 unspecified atom stereocenters. The second kappa shape index (κ2) is 7.09. The van der Waals surface area contributed by atoms with Gasteiger partial charge in [0, 0.05) is 5.69 Å². The summed E-state index contributed by atoms with van der Waals surface area (Å²) < 4.78 is 5.37. The quantitative estimate of drug-likeness (QED) is 0.855. The SMILES string of the molecule is O=C(CCOc1ccccc1C(=O)O)Nc1ccccc1. The number of carbonyl (C=O) groups excluding carboxylic acids is 1. The lowest BCUT2D eigenvalue weighted by Crippen LogP contribution is -2.15. The van der Waals surface area contributed by atoms with Crippen molar-refractivity contribution in [2.45, 2.75) is 6.42 Å². The van der Waals surface area contributed by atoms with Crippen molar-refractivity contribution in [1.29, 1.82) is 0 Å². The van der Waals surface area contributed by atoms with Gasteiger partial charge in [-0.2, -0.15) is 0 Å². The fraction of sp³-hybridized carbons (Fsp3) is 0.125. The largest absolute Gasteiger partial charge is 0.492 e. The van der Waals surface area contributed by atoms with Gasteiger partial charge in [0.15, 0.2) is 0 Å². The van der Waals surface area contributed by atoms with Crippen LogP contribution in [-0.4, -0.2) is 23.6 Å². The molecule has 0 aliphatic heterocycles. The Labute approximate surface area is 122 Å². The molecule has 0 spiro atoms. The van der Waals surface area contributed by atoms with E-state index < -0.39 is 5.97 Å². The molecule has 5 heteroatoms. The summed E-state index contributed by atoms with van der Waals surface area (Å²) in [6.45, 7) is 0.114. The minimum atomic E-state index is -1.06. The molecule has 5 nitrogen and oxygen atoms in total. The molecule has 2 N–H and O–H groups in total. The number of ether oxygens (including phenoxy) is 1. The van der Waals surface area contributed by atoms with E-state index in [1.54, 1.807) is 30.3 Å². The zero-order valence-electron chi connectivity index (χ0n) is 11.3. The normalized spacial score (nSPS) is 9.90. The van der Waals surface area contributed by atoms with E-state index in [1.165, 1.54) is 6.07 Å². The Morgan fingerprint density at radius 3 is 2.38 bits per heavy atom. The Balaban J connectivity index is 1.84. The maximum Gasteiger partial charge on any atom is 0.339 e. The summed E-state index contributed by atoms with van der Waals surface area (Å²) >= 11 is 0. The number of rotatable bonds is 6. The molecular formula is C16H15NO4. The second-order valence-corrected chi connectivity index (χ2v) is 4.31. The van der Waals surface area contributed by atoms with Gasteiger partial charge in [-0.25, -0.2) is 4.79 Å². The number of hydrogen-bond acceptors (Lipinski definition) is 3. The lowest BCUT2D eigenvalue weighted by atomic mass is 10.2. The molecule has 0 fully saturated rings. The van der Waals surface area contributed by atoms with Crippen LogP contribution in [0.4, 0.5) is 5.69 Å². The number of anilines is 1. The Kier molecular flexibility index (Phi) is 4.93. The zero-order chi connectivity index (χ0) is 15.1. The van der Waals surface area contributed by atoms with Crippen LogP contribution in [0.15, 0.2) is 54.6 Å². The van der Waals surface area contributed by atoms with Gasteiger partial charge in [-0.05, 0) is 24.3 Å². The number of para-hydroxylation sites is 2. The number of carboxylic acids is 1. The molecule has 0 bridgehead atoms. The van der Waals surface area contributed by atoms with Gasteiger partial charge >= 0.3 is 5.97 Å². The Morgan fingerprint density at radius 1 is 1.00 bits per heavy atom. The van der Waals surface area contributed by atoms with E-state index in [0.717, 1.165) is 0 Å². The molecule has 0 saturated carbocycles. The number of hydrogen-bond donors (Lipinski definition) is 2. The van der Waals surface area contributed by atoms with Crippen molar-refractivity contribution < 1.29 is 19.4 Å². The monoisotopic (exact) mass is 285 g/mol. The summed E-state index contributed by atoms with van der Waals surface area (Å²) in [4.78, 5) is 22.7. The molecule has 2 rings (SSSR count). The smallest absolute Gasteiger partial charge is 0.339 e. The fourth-order valence-corrected chi connectivity index (χ4v) is 1.77. The third kappa shape index (κ3) is 4.35. The number of benzene rings is 2. The topological polar surface area (TPSA) is 75.6 Å². The average Bonchev–Trinajstić information content (AvgIpc) is 2.48. The van der Waals surface area contributed by atoms with Crippen LogP contribution in [0.5, 0.6) is 5.75 Å². The summed E-state index contributed by atoms with van der Waals surface area (Å²) in [5.41, 5.74) is 0.800. The van der Waals surface area contributed by atoms with E-state index in [-0.39, 0.29) is 30.2 Å². The maximum atomic E-state index is 11.7. The van der Waals surface area contributed by atoms with Crippen molar-refractivity contribution in [3.63, 3.8) is 0 Å². The number of aromatic carboxylic acids is 1. The highest BCUT2D eigenvalue weighted by molar-refractivity contribution is 5.91. The number of carboxylic acid groups (broad SMARTS) is 1. The third-order valence-electron chi connectivity index (χ3n) is 2.76. The Hall–Kier alpha value is -2.82. The fourth-order valence-electron chi connectivity index (χ4n) is 1.77. The predicted molar refractivity (Wildman–Crippen MR) is 78.6 cm³/mol. The average molecular weight is 285 g/mol. The van der Waals surface area contributed by atoms with Crippen LogP contribution in [0.25, 0.3) is 0 Å². The number of amides is 1. The van der Waals surface area contributed by atoms with E-state index in [9.17, 15) is 9.59 Å². The highest BCUT2D eigenvalue weighted by Gasteiger charge is 2.10. The standard InChI is InChI=1S/C16H15NO4/c18-15(17-12-6-2-1-3-7-12)10-11-21-14-9-5-4-8-13(14)16(19)20/h1-9H,10-11H2,(H,17,18)(H,19,20). The zero-order valence-corrected chi connectivity index (χ0v) is 11.3. The highest BCUT2D eigenvalue weighted by atomic mass is 16.5. The molecule has 2 aromatic carbocycles. The molecule has 21 heavy (non-hydrogen) atoms. The molecule has 0 heterocycles. The molecule has 0 aliphatic carbocycles. The van der Waals surface area contributed by atoms with Crippen molar-refractivity contribution in [3.05, 3.63) is 60.2 Å². The number of nitrogens with one attached hydrogen (secondary N) is 1. The Morgan fingerprint density at radius 2 is 1.67 bits per heavy atom. The van der Waals surface area contributed by atoms with Crippen molar-refractivity contribution in [2.75, 3.05) is 11.9 Å². The minimum absolute atomic E-state index is 0.0842. The van der Waals surface area contributed by atoms with E-state index in [0.29, 0.717) is 5.69 Å². The van der Waals surface area contributed by atoms with Crippen LogP contribution < -0.4 is 10.1 Å². The summed E-state index contributed by atoms with van der Waals surface area (Å²) in [5.74, 6) is -0.981. The van der Waals surface area contributed by atoms with E-state index >= 15 is 0 Å². The van der Waals surface area contributed by atoms with E-state index in [2.05, 4.69) is 5.32 Å². The van der Waals surface area contributed by atoms with Gasteiger partial charge in [0.2, 0.25) is 5.91 Å². The first kappa shape index (κ1) is 14.6. The summed E-state index contributed by atoms with van der Waals surface area (Å²) in [6.07, 6.45) is 0.142. The molecule has 0 aromatic heterocycles. The van der Waals surface area contributed by atoms with Gasteiger partial charge in [0.25, 0.3) is 0 Å². The molecular weight excluding hydrogens is 270 g/mol. The highest BCUT2D eigenvalue weighted by Crippen LogP contribution is 2.18. The first-order chi connectivity index (χ1) is 10.2. The summed E-state index contributed by atoms with van der Waals surface area (Å²) in [7, 11) is 0. The van der Waals surface area contributed by atoms with Crippen LogP contribution in [0, 0.1) is 0 Å². The first-order valence-corrected chi connectivity index (χ1v) is 6.47. The second-order valence-electron chi connectivity index (χ2n) is 4.31. The van der Waals surface area contributed by atoms with Crippen LogP contribution in [0.1, 0.15) is 16.8 Å². The van der Waals surface area contributed by atoms with E-state index in [1.807, 2.05) is 18.2 Å². The van der Waals surface area contributed by atoms with Crippen molar-refractivity contribution in [2.24, 2.45) is 0 Å². The van der Waals surface area contributed by atoms with Crippen LogP contribution >= 0.6 is 0 Å². The third-order valence-corrected chi connectivity index (χ3v) is 2.76. The Bertz CT molecular complexity index is 625. The van der Waals surface area contributed by atoms with Gasteiger partial charge in [-0.3, -0.25) is 4.79 Å². The predicted octanol–water partition coefficient (Wildman–Crippen LogP) is 2.79. The van der Waals surface area contributed by atoms with Gasteiger partial charge < -0.3 is 15.2 Å². The lowest BCUT2D eigenvalue weighted by molar-refractivity contribution is -0.116. The van der Waals surface area contributed by atoms with Crippen molar-refractivity contribution in [1.82, 2.24) is 0 Å². The maximum absolute atomic E-state index is 11.7. The van der Waals surface area contributed by atoms with Crippen molar-refractivity contribution >= 4 is 17.6 Å². The molecule has 0 aliphatic rings. The minimum Gasteiger partial charge on any atom is -0.492 e. The number of carbonyl (C=O) groups is 2. The van der Waals surface area contributed by atoms with Crippen LogP contribution in [0.2, 0.25) is 0 Å². The van der Waals surface area contributed by atoms with Crippen LogP contribution in [0.3, 0.4) is 0 Å². The van der Waals surface area contributed by atoms with E-state index in [4.69, 9.17) is 9.84 Å². The van der Waals surface area contributed by atoms with Gasteiger partial charge in [0.05, 0.1) is 13.0 Å². The first-order valence-electron chi connectivity index (χ1n) is 6.47. The van der Waals surface area contributed by atoms with Gasteiger partial charge in [0.1, 0.15) is 11.3 Å². The van der Waals surface area contributed by atoms with Gasteiger partial charge in [-0.1, -0.05) is 30.3 Å². The summed E-state index contributed by atoms with van der Waals surface area (Å²) in [6, 6.07) is 15.4. The summed E-state index contributed by atoms with van der Waals surface area (Å²) in [5, 5.41) is 11.7. The van der Waals surface area contributed by atoms with Crippen LogP contribution in [-0.2, 0) is 4.79 Å². The molecule has 0 saturated heterocycles. The molecule has 0 atom stereocenters. The molecule has 2 aromatic rings. The van der Waals surface area contributed by atoms with Gasteiger partial charge in [-0.15, -0.1) is 0 Å².